The van der Waals surface area contributed by atoms with E-state index in [0.29, 0.717) is 11.6 Å². The highest BCUT2D eigenvalue weighted by Gasteiger charge is 2.08. The SMILES string of the molecule is CN(Cc1ccccn1)c1cc(Cl)ccc1/C=C/C(=O)O. The average Bonchev–Trinajstić information content (AvgIpc) is 2.46. The molecule has 0 bridgehead atoms. The minimum atomic E-state index is -0.983. The molecule has 108 valence electrons. The van der Waals surface area contributed by atoms with Crippen molar-refractivity contribution in [1.29, 1.82) is 0 Å². The largest absolute Gasteiger partial charge is 0.478 e. The van der Waals surface area contributed by atoms with Crippen LogP contribution in [0.4, 0.5) is 5.69 Å². The van der Waals surface area contributed by atoms with Crippen molar-refractivity contribution in [2.75, 3.05) is 11.9 Å². The van der Waals surface area contributed by atoms with Crippen molar-refractivity contribution in [3.63, 3.8) is 0 Å². The summed E-state index contributed by atoms with van der Waals surface area (Å²) in [6.07, 6.45) is 4.41. The summed E-state index contributed by atoms with van der Waals surface area (Å²) in [5.41, 5.74) is 2.57. The number of carboxylic acids is 1. The molecule has 0 radical (unpaired) electrons. The number of hydrogen-bond donors (Lipinski definition) is 1. The Hall–Kier alpha value is -2.33. The Morgan fingerprint density at radius 3 is 2.86 bits per heavy atom. The molecule has 0 aliphatic rings. The standard InChI is InChI=1S/C16H15ClN2O2/c1-19(11-14-4-2-3-9-18-14)15-10-13(17)7-5-12(15)6-8-16(20)21/h2-10H,11H2,1H3,(H,20,21)/b8-6+. The van der Waals surface area contributed by atoms with E-state index >= 15 is 0 Å². The van der Waals surface area contributed by atoms with Gasteiger partial charge in [-0.25, -0.2) is 4.79 Å². The first-order valence-electron chi connectivity index (χ1n) is 6.38. The summed E-state index contributed by atoms with van der Waals surface area (Å²) in [6.45, 7) is 0.606. The van der Waals surface area contributed by atoms with Gasteiger partial charge in [0, 0.05) is 30.0 Å². The second-order valence-electron chi connectivity index (χ2n) is 4.55. The van der Waals surface area contributed by atoms with Gasteiger partial charge in [0.15, 0.2) is 0 Å². The van der Waals surface area contributed by atoms with Gasteiger partial charge in [0.2, 0.25) is 0 Å². The van der Waals surface area contributed by atoms with E-state index in [1.807, 2.05) is 36.2 Å². The van der Waals surface area contributed by atoms with E-state index in [0.717, 1.165) is 23.0 Å². The normalized spacial score (nSPS) is 10.8. The lowest BCUT2D eigenvalue weighted by molar-refractivity contribution is -0.131. The summed E-state index contributed by atoms with van der Waals surface area (Å²) >= 11 is 6.04. The average molecular weight is 303 g/mol. The van der Waals surface area contributed by atoms with Crippen LogP contribution in [0.15, 0.2) is 48.7 Å². The number of carbonyl (C=O) groups is 1. The molecule has 1 heterocycles. The Kier molecular flexibility index (Phi) is 4.95. The molecule has 0 fully saturated rings. The maximum absolute atomic E-state index is 10.7. The van der Waals surface area contributed by atoms with E-state index in [1.165, 1.54) is 0 Å². The molecule has 1 aromatic carbocycles. The van der Waals surface area contributed by atoms with Crippen LogP contribution in [0.5, 0.6) is 0 Å². The van der Waals surface area contributed by atoms with Crippen molar-refractivity contribution >= 4 is 29.3 Å². The van der Waals surface area contributed by atoms with Crippen LogP contribution < -0.4 is 4.90 Å². The molecule has 0 aliphatic heterocycles. The van der Waals surface area contributed by atoms with Gasteiger partial charge in [-0.2, -0.15) is 0 Å². The fourth-order valence-electron chi connectivity index (χ4n) is 1.97. The van der Waals surface area contributed by atoms with Crippen LogP contribution in [0, 0.1) is 0 Å². The van der Waals surface area contributed by atoms with Gasteiger partial charge in [0.1, 0.15) is 0 Å². The van der Waals surface area contributed by atoms with E-state index < -0.39 is 5.97 Å². The first-order chi connectivity index (χ1) is 10.1. The fraction of sp³-hybridized carbons (Fsp3) is 0.125. The Morgan fingerprint density at radius 2 is 2.19 bits per heavy atom. The van der Waals surface area contributed by atoms with E-state index in [-0.39, 0.29) is 0 Å². The van der Waals surface area contributed by atoms with Crippen molar-refractivity contribution in [3.05, 3.63) is 65.0 Å². The molecule has 0 unspecified atom stereocenters. The topological polar surface area (TPSA) is 53.4 Å². The van der Waals surface area contributed by atoms with Crippen LogP contribution in [0.1, 0.15) is 11.3 Å². The number of aliphatic carboxylic acids is 1. The van der Waals surface area contributed by atoms with Crippen LogP contribution >= 0.6 is 11.6 Å². The van der Waals surface area contributed by atoms with Gasteiger partial charge in [-0.1, -0.05) is 23.7 Å². The van der Waals surface area contributed by atoms with Crippen LogP contribution in [0.25, 0.3) is 6.08 Å². The monoisotopic (exact) mass is 302 g/mol. The molecular formula is C16H15ClN2O2. The summed E-state index contributed by atoms with van der Waals surface area (Å²) in [7, 11) is 1.92. The zero-order valence-electron chi connectivity index (χ0n) is 11.5. The number of nitrogens with zero attached hydrogens (tertiary/aromatic N) is 2. The van der Waals surface area contributed by atoms with Crippen molar-refractivity contribution in [3.8, 4) is 0 Å². The van der Waals surface area contributed by atoms with Crippen LogP contribution in [0.3, 0.4) is 0 Å². The molecule has 0 saturated heterocycles. The first-order valence-corrected chi connectivity index (χ1v) is 6.75. The van der Waals surface area contributed by atoms with Crippen LogP contribution in [-0.2, 0) is 11.3 Å². The number of rotatable bonds is 5. The van der Waals surface area contributed by atoms with Gasteiger partial charge in [-0.15, -0.1) is 0 Å². The van der Waals surface area contributed by atoms with E-state index in [2.05, 4.69) is 4.98 Å². The lowest BCUT2D eigenvalue weighted by Crippen LogP contribution is -2.18. The quantitative estimate of drug-likeness (QED) is 0.859. The molecule has 4 nitrogen and oxygen atoms in total. The molecule has 0 saturated carbocycles. The van der Waals surface area contributed by atoms with E-state index in [9.17, 15) is 4.79 Å². The third-order valence-electron chi connectivity index (χ3n) is 2.93. The van der Waals surface area contributed by atoms with Gasteiger partial charge in [0.05, 0.1) is 12.2 Å². The number of carboxylic acid groups (broad SMARTS) is 1. The number of pyridine rings is 1. The van der Waals surface area contributed by atoms with Gasteiger partial charge in [-0.05, 0) is 35.9 Å². The zero-order chi connectivity index (χ0) is 15.2. The number of benzene rings is 1. The van der Waals surface area contributed by atoms with Gasteiger partial charge in [0.25, 0.3) is 0 Å². The molecule has 5 heteroatoms. The smallest absolute Gasteiger partial charge is 0.328 e. The minimum absolute atomic E-state index is 0.602. The molecule has 2 rings (SSSR count). The highest BCUT2D eigenvalue weighted by Crippen LogP contribution is 2.26. The molecule has 1 N–H and O–H groups in total. The summed E-state index contributed by atoms with van der Waals surface area (Å²) in [4.78, 5) is 16.9. The lowest BCUT2D eigenvalue weighted by Gasteiger charge is -2.21. The fourth-order valence-corrected chi connectivity index (χ4v) is 2.14. The molecule has 21 heavy (non-hydrogen) atoms. The van der Waals surface area contributed by atoms with E-state index in [4.69, 9.17) is 16.7 Å². The predicted molar refractivity (Wildman–Crippen MR) is 84.5 cm³/mol. The van der Waals surface area contributed by atoms with Gasteiger partial charge < -0.3 is 10.0 Å². The maximum Gasteiger partial charge on any atom is 0.328 e. The number of halogens is 1. The third-order valence-corrected chi connectivity index (χ3v) is 3.17. The Balaban J connectivity index is 2.28. The second-order valence-corrected chi connectivity index (χ2v) is 4.99. The van der Waals surface area contributed by atoms with Crippen LogP contribution in [0.2, 0.25) is 5.02 Å². The highest BCUT2D eigenvalue weighted by molar-refractivity contribution is 6.31. The molecule has 0 aliphatic carbocycles. The Labute approximate surface area is 128 Å². The Morgan fingerprint density at radius 1 is 1.38 bits per heavy atom. The molecule has 2 aromatic rings. The van der Waals surface area contributed by atoms with Gasteiger partial charge >= 0.3 is 5.97 Å². The first kappa shape index (κ1) is 15.1. The summed E-state index contributed by atoms with van der Waals surface area (Å²) < 4.78 is 0. The predicted octanol–water partition coefficient (Wildman–Crippen LogP) is 3.47. The molecular weight excluding hydrogens is 288 g/mol. The molecule has 0 amide bonds. The van der Waals surface area contributed by atoms with Crippen molar-refractivity contribution in [2.24, 2.45) is 0 Å². The number of hydrogen-bond acceptors (Lipinski definition) is 3. The van der Waals surface area contributed by atoms with Gasteiger partial charge in [-0.3, -0.25) is 4.98 Å². The lowest BCUT2D eigenvalue weighted by atomic mass is 10.1. The summed E-state index contributed by atoms with van der Waals surface area (Å²) in [6, 6.07) is 11.1. The van der Waals surface area contributed by atoms with Crippen molar-refractivity contribution in [2.45, 2.75) is 6.54 Å². The Bertz CT molecular complexity index is 657. The molecule has 0 atom stereocenters. The number of anilines is 1. The zero-order valence-corrected chi connectivity index (χ0v) is 12.3. The van der Waals surface area contributed by atoms with Crippen molar-refractivity contribution < 1.29 is 9.90 Å². The summed E-state index contributed by atoms with van der Waals surface area (Å²) in [5, 5.41) is 9.36. The summed E-state index contributed by atoms with van der Waals surface area (Å²) in [5.74, 6) is -0.983. The third kappa shape index (κ3) is 4.33. The molecule has 1 aromatic heterocycles. The maximum atomic E-state index is 10.7. The van der Waals surface area contributed by atoms with Crippen molar-refractivity contribution in [1.82, 2.24) is 4.98 Å². The second kappa shape index (κ2) is 6.90. The number of aromatic nitrogens is 1. The van der Waals surface area contributed by atoms with Crippen LogP contribution in [-0.4, -0.2) is 23.1 Å². The van der Waals surface area contributed by atoms with E-state index in [1.54, 1.807) is 24.4 Å². The highest BCUT2D eigenvalue weighted by atomic mass is 35.5. The minimum Gasteiger partial charge on any atom is -0.478 e. The molecule has 0 spiro atoms.